The van der Waals surface area contributed by atoms with E-state index in [1.807, 2.05) is 18.2 Å². The quantitative estimate of drug-likeness (QED) is 0.455. The van der Waals surface area contributed by atoms with Crippen LogP contribution in [0.1, 0.15) is 10.4 Å². The molecule has 6 nitrogen and oxygen atoms in total. The van der Waals surface area contributed by atoms with Gasteiger partial charge in [0.05, 0.1) is 17.0 Å². The molecule has 3 aromatic carbocycles. The van der Waals surface area contributed by atoms with Gasteiger partial charge in [-0.2, -0.15) is 0 Å². The molecule has 0 aliphatic rings. The minimum absolute atomic E-state index is 0. The third kappa shape index (κ3) is 4.22. The van der Waals surface area contributed by atoms with Crippen molar-refractivity contribution in [2.24, 2.45) is 4.99 Å². The number of carboxylic acid groups (broad SMARTS) is 1. The maximum absolute atomic E-state index is 13.1. The van der Waals surface area contributed by atoms with Gasteiger partial charge >= 0.3 is 17.1 Å². The molecule has 4 rings (SSSR count). The first kappa shape index (κ1) is 21.9. The molecular weight excluding hydrogens is 422 g/mol. The first-order valence-corrected chi connectivity index (χ1v) is 8.28. The monoisotopic (exact) mass is 436 g/mol. The Morgan fingerprint density at radius 3 is 2.21 bits per heavy atom. The fourth-order valence-electron chi connectivity index (χ4n) is 2.89. The van der Waals surface area contributed by atoms with Crippen LogP contribution >= 0.6 is 0 Å². The molecule has 0 atom stereocenters. The number of hydrogen-bond donors (Lipinski definition) is 0. The number of rotatable bonds is 3. The molecule has 29 heavy (non-hydrogen) atoms. The Morgan fingerprint density at radius 1 is 0.862 bits per heavy atom. The van der Waals surface area contributed by atoms with Gasteiger partial charge in [0.2, 0.25) is 0 Å². The van der Waals surface area contributed by atoms with Crippen LogP contribution < -0.4 is 15.6 Å². The Kier molecular flexibility index (Phi) is 6.96. The Morgan fingerprint density at radius 2 is 1.48 bits per heavy atom. The van der Waals surface area contributed by atoms with E-state index in [0.717, 1.165) is 0 Å². The van der Waals surface area contributed by atoms with Gasteiger partial charge in [0, 0.05) is 16.5 Å². The Bertz CT molecular complexity index is 1220. The molecule has 0 spiro atoms. The van der Waals surface area contributed by atoms with Crippen molar-refractivity contribution >= 4 is 22.6 Å². The van der Waals surface area contributed by atoms with E-state index in [1.165, 1.54) is 12.1 Å². The molecule has 0 saturated carbocycles. The molecule has 1 radical (unpaired) electrons. The summed E-state index contributed by atoms with van der Waals surface area (Å²) in [5.41, 5.74) is 1.19. The summed E-state index contributed by atoms with van der Waals surface area (Å²) in [5, 5.41) is 25.1. The number of aromatic carboxylic acids is 1. The van der Waals surface area contributed by atoms with E-state index in [-0.39, 0.29) is 44.9 Å². The largest absolute Gasteiger partial charge is 2.00 e. The summed E-state index contributed by atoms with van der Waals surface area (Å²) in [6, 6.07) is 22.2. The van der Waals surface area contributed by atoms with E-state index < -0.39 is 11.7 Å². The second kappa shape index (κ2) is 9.21. The SMILES string of the molecule is O.O=C([O-])c1ccccc1N=c1c([O-])c(-c2ccccc2)oc2ccccc12.[Cu+2]. The average molecular weight is 437 g/mol. The predicted molar refractivity (Wildman–Crippen MR) is 101 cm³/mol. The molecule has 149 valence electrons. The summed E-state index contributed by atoms with van der Waals surface area (Å²) in [5.74, 6) is -1.61. The Balaban J connectivity index is 0.00000150. The molecule has 1 heterocycles. The van der Waals surface area contributed by atoms with E-state index >= 15 is 0 Å². The van der Waals surface area contributed by atoms with Gasteiger partial charge in [-0.25, -0.2) is 4.99 Å². The first-order valence-electron chi connectivity index (χ1n) is 8.28. The smallest absolute Gasteiger partial charge is 0.868 e. The number of carbonyl (C=O) groups excluding carboxylic acids is 1. The van der Waals surface area contributed by atoms with Gasteiger partial charge in [0.25, 0.3) is 0 Å². The van der Waals surface area contributed by atoms with E-state index in [2.05, 4.69) is 4.99 Å². The summed E-state index contributed by atoms with van der Waals surface area (Å²) in [6.07, 6.45) is 0. The van der Waals surface area contributed by atoms with Crippen molar-refractivity contribution in [1.29, 1.82) is 0 Å². The van der Waals surface area contributed by atoms with Crippen molar-refractivity contribution in [2.45, 2.75) is 0 Å². The van der Waals surface area contributed by atoms with Crippen LogP contribution in [-0.2, 0) is 17.1 Å². The molecule has 0 aliphatic heterocycles. The van der Waals surface area contributed by atoms with Gasteiger partial charge in [-0.05, 0) is 23.9 Å². The number of carboxylic acids is 1. The minimum Gasteiger partial charge on any atom is -0.868 e. The number of carbonyl (C=O) groups is 1. The zero-order chi connectivity index (χ0) is 18.8. The van der Waals surface area contributed by atoms with Gasteiger partial charge in [-0.3, -0.25) is 0 Å². The number of nitrogens with zero attached hydrogens (tertiary/aromatic N) is 1. The number of fused-ring (bicyclic) bond motifs is 1. The molecular formula is C22H15CuNO5. The normalized spacial score (nSPS) is 10.8. The molecule has 4 aromatic rings. The summed E-state index contributed by atoms with van der Waals surface area (Å²) < 4.78 is 5.83. The van der Waals surface area contributed by atoms with Crippen molar-refractivity contribution in [2.75, 3.05) is 0 Å². The van der Waals surface area contributed by atoms with Crippen LogP contribution in [0.15, 0.2) is 88.3 Å². The zero-order valence-corrected chi connectivity index (χ0v) is 15.8. The van der Waals surface area contributed by atoms with Gasteiger partial charge in [0.15, 0.2) is 0 Å². The number of para-hydroxylation sites is 2. The standard InChI is InChI=1S/C22H15NO4.Cu.H2O/c24-20-19(23-17-12-6-4-10-15(17)22(25)26)16-11-5-7-13-18(16)27-21(20)14-8-2-1-3-9-14;;/h1-13,24H,(H,25,26);;1H2/q;+2;/p-2. The summed E-state index contributed by atoms with van der Waals surface area (Å²) in [4.78, 5) is 15.8. The third-order valence-corrected chi connectivity index (χ3v) is 4.17. The molecule has 0 fully saturated rings. The fraction of sp³-hybridized carbons (Fsp3) is 0. The molecule has 0 aliphatic carbocycles. The van der Waals surface area contributed by atoms with E-state index in [0.29, 0.717) is 16.5 Å². The van der Waals surface area contributed by atoms with Crippen molar-refractivity contribution in [3.05, 3.63) is 89.8 Å². The molecule has 1 aromatic heterocycles. The first-order chi connectivity index (χ1) is 13.1. The fourth-order valence-corrected chi connectivity index (χ4v) is 2.89. The van der Waals surface area contributed by atoms with Crippen LogP contribution in [0.2, 0.25) is 0 Å². The second-order valence-corrected chi connectivity index (χ2v) is 5.89. The van der Waals surface area contributed by atoms with Crippen LogP contribution in [0.25, 0.3) is 22.3 Å². The molecule has 0 saturated heterocycles. The van der Waals surface area contributed by atoms with Crippen molar-refractivity contribution in [3.63, 3.8) is 0 Å². The van der Waals surface area contributed by atoms with Crippen LogP contribution in [0.3, 0.4) is 0 Å². The summed E-state index contributed by atoms with van der Waals surface area (Å²) in [6.45, 7) is 0. The van der Waals surface area contributed by atoms with Gasteiger partial charge in [-0.1, -0.05) is 60.7 Å². The van der Waals surface area contributed by atoms with Crippen LogP contribution in [0.4, 0.5) is 5.69 Å². The maximum atomic E-state index is 13.1. The second-order valence-electron chi connectivity index (χ2n) is 5.89. The summed E-state index contributed by atoms with van der Waals surface area (Å²) >= 11 is 0. The van der Waals surface area contributed by atoms with E-state index in [1.54, 1.807) is 48.5 Å². The molecule has 0 unspecified atom stereocenters. The molecule has 7 heteroatoms. The Hall–Kier alpha value is -3.38. The number of hydrogen-bond acceptors (Lipinski definition) is 5. The minimum atomic E-state index is -1.35. The van der Waals surface area contributed by atoms with Crippen molar-refractivity contribution < 1.29 is 42.0 Å². The average Bonchev–Trinajstić information content (AvgIpc) is 2.71. The Labute approximate surface area is 176 Å². The predicted octanol–water partition coefficient (Wildman–Crippen LogP) is 1.94. The topological polar surface area (TPSA) is 120 Å². The van der Waals surface area contributed by atoms with E-state index in [4.69, 9.17) is 4.42 Å². The summed E-state index contributed by atoms with van der Waals surface area (Å²) in [7, 11) is 0. The third-order valence-electron chi connectivity index (χ3n) is 4.17. The van der Waals surface area contributed by atoms with Gasteiger partial charge < -0.3 is 24.9 Å². The number of benzene rings is 3. The van der Waals surface area contributed by atoms with Crippen molar-refractivity contribution in [3.8, 4) is 17.1 Å². The molecule has 2 N–H and O–H groups in total. The van der Waals surface area contributed by atoms with Crippen LogP contribution in [-0.4, -0.2) is 11.4 Å². The molecule has 0 amide bonds. The van der Waals surface area contributed by atoms with Gasteiger partial charge in [0.1, 0.15) is 11.3 Å². The van der Waals surface area contributed by atoms with Gasteiger partial charge in [-0.15, -0.1) is 0 Å². The van der Waals surface area contributed by atoms with E-state index in [9.17, 15) is 15.0 Å². The van der Waals surface area contributed by atoms with Crippen LogP contribution in [0.5, 0.6) is 5.75 Å². The zero-order valence-electron chi connectivity index (χ0n) is 14.9. The van der Waals surface area contributed by atoms with Crippen LogP contribution in [0, 0.1) is 0 Å². The maximum Gasteiger partial charge on any atom is 2.00 e. The molecule has 0 bridgehead atoms. The van der Waals surface area contributed by atoms with Crippen molar-refractivity contribution in [1.82, 2.24) is 0 Å².